The van der Waals surface area contributed by atoms with Crippen LogP contribution in [0, 0.1) is 30.1 Å². The number of pyridine rings is 2. The maximum Gasteiger partial charge on any atom is 0.230 e. The second-order valence-corrected chi connectivity index (χ2v) is 10.9. The molecular weight excluding hydrogens is 547 g/mol. The summed E-state index contributed by atoms with van der Waals surface area (Å²) in [4.78, 5) is 16.7. The van der Waals surface area contributed by atoms with Gasteiger partial charge in [0.25, 0.3) is 0 Å². The lowest BCUT2D eigenvalue weighted by molar-refractivity contribution is 0.205. The van der Waals surface area contributed by atoms with E-state index in [1.54, 1.807) is 52.0 Å². The molecule has 0 aromatic carbocycles. The van der Waals surface area contributed by atoms with Gasteiger partial charge in [-0.25, -0.2) is 29.0 Å². The Morgan fingerprint density at radius 2 is 1.60 bits per heavy atom. The molecule has 11 nitrogen and oxygen atoms in total. The van der Waals surface area contributed by atoms with Crippen molar-refractivity contribution in [2.75, 3.05) is 6.61 Å². The predicted molar refractivity (Wildman–Crippen MR) is 159 cm³/mol. The van der Waals surface area contributed by atoms with Crippen molar-refractivity contribution in [3.05, 3.63) is 90.7 Å². The lowest BCUT2D eigenvalue weighted by atomic mass is 9.93. The first-order valence-corrected chi connectivity index (χ1v) is 13.7. The first-order valence-electron chi connectivity index (χ1n) is 13.7. The van der Waals surface area contributed by atoms with Crippen LogP contribution in [0.1, 0.15) is 38.4 Å². The fraction of sp³-hybridized carbons (Fsp3) is 0.258. The van der Waals surface area contributed by atoms with E-state index in [1.807, 2.05) is 38.1 Å². The van der Waals surface area contributed by atoms with Gasteiger partial charge in [-0.3, -0.25) is 0 Å². The smallest absolute Gasteiger partial charge is 0.230 e. The zero-order valence-electron chi connectivity index (χ0n) is 24.3. The van der Waals surface area contributed by atoms with Crippen molar-refractivity contribution < 1.29 is 9.13 Å². The van der Waals surface area contributed by atoms with Crippen LogP contribution in [-0.2, 0) is 0 Å². The summed E-state index contributed by atoms with van der Waals surface area (Å²) in [6, 6.07) is 14.3. The van der Waals surface area contributed by atoms with Crippen LogP contribution in [0.25, 0.3) is 33.9 Å². The van der Waals surface area contributed by atoms with Crippen molar-refractivity contribution >= 4 is 11.3 Å². The molecule has 0 aliphatic heterocycles. The van der Waals surface area contributed by atoms with Crippen LogP contribution in [0.4, 0.5) is 4.39 Å². The fourth-order valence-electron chi connectivity index (χ4n) is 4.83. The molecule has 218 valence electrons. The number of hydrogen-bond acceptors (Lipinski definition) is 9. The number of nitrogens with two attached hydrogens (primary N) is 1. The Kier molecular flexibility index (Phi) is 8.36. The molecule has 0 fully saturated rings. The van der Waals surface area contributed by atoms with Crippen LogP contribution in [0.2, 0.25) is 0 Å². The molecule has 0 bridgehead atoms. The normalized spacial score (nSPS) is 12.5. The van der Waals surface area contributed by atoms with E-state index in [1.165, 1.54) is 12.3 Å². The van der Waals surface area contributed by atoms with Gasteiger partial charge in [-0.2, -0.15) is 19.8 Å². The minimum atomic E-state index is -0.771. The SMILES string of the molecule is Cc1nc(-c2ccnc3ccnn23)ccc1OC[C@@](C)(N)CC(C)C.N#Cc1cc(-c2ccnc3ccnn23)cnc1F. The first kappa shape index (κ1) is 29.2. The Balaban J connectivity index is 0.000000180. The van der Waals surface area contributed by atoms with Gasteiger partial charge in [0, 0.05) is 41.8 Å². The molecule has 12 heteroatoms. The van der Waals surface area contributed by atoms with Gasteiger partial charge >= 0.3 is 0 Å². The standard InChI is InChI=1S/C19H25N5O.C12H6FN5/c1-13(2)11-19(4,20)12-25-17-6-5-15(23-14(17)3)16-7-9-21-18-8-10-22-24(16)18;13-12-8(6-14)5-9(7-16-12)10-1-3-15-11-2-4-17-18(10)11/h5-10,13H,11-12,20H2,1-4H3;1-5,7H/t19-;/m0./s1. The summed E-state index contributed by atoms with van der Waals surface area (Å²) in [7, 11) is 0. The second kappa shape index (κ2) is 12.3. The molecule has 2 N–H and O–H groups in total. The number of rotatable bonds is 7. The van der Waals surface area contributed by atoms with Crippen molar-refractivity contribution in [2.24, 2.45) is 11.7 Å². The van der Waals surface area contributed by atoms with E-state index >= 15 is 0 Å². The number of nitrogens with zero attached hydrogens (tertiary/aromatic N) is 9. The highest BCUT2D eigenvalue weighted by Crippen LogP contribution is 2.25. The zero-order chi connectivity index (χ0) is 30.6. The third kappa shape index (κ3) is 6.63. The summed E-state index contributed by atoms with van der Waals surface area (Å²) in [6.07, 6.45) is 9.01. The molecule has 1 atom stereocenters. The summed E-state index contributed by atoms with van der Waals surface area (Å²) in [5, 5.41) is 17.2. The Labute approximate surface area is 247 Å². The molecule has 6 rings (SSSR count). The molecule has 6 heterocycles. The molecule has 6 aromatic rings. The van der Waals surface area contributed by atoms with Crippen LogP contribution in [0.3, 0.4) is 0 Å². The van der Waals surface area contributed by atoms with Crippen LogP contribution in [0.15, 0.2) is 73.4 Å². The number of aryl methyl sites for hydroxylation is 1. The molecule has 0 aliphatic carbocycles. The maximum atomic E-state index is 13.2. The van der Waals surface area contributed by atoms with E-state index < -0.39 is 5.95 Å². The Bertz CT molecular complexity index is 1920. The monoisotopic (exact) mass is 578 g/mol. The highest BCUT2D eigenvalue weighted by atomic mass is 19.1. The number of nitriles is 1. The third-order valence-corrected chi connectivity index (χ3v) is 6.57. The molecule has 0 saturated heterocycles. The van der Waals surface area contributed by atoms with E-state index in [0.29, 0.717) is 29.4 Å². The maximum absolute atomic E-state index is 13.2. The number of halogens is 1. The molecule has 0 saturated carbocycles. The molecule has 0 amide bonds. The average Bonchev–Trinajstić information content (AvgIpc) is 3.66. The predicted octanol–water partition coefficient (Wildman–Crippen LogP) is 5.04. The summed E-state index contributed by atoms with van der Waals surface area (Å²) in [5.41, 5.74) is 11.2. The van der Waals surface area contributed by atoms with Crippen molar-refractivity contribution in [2.45, 2.75) is 39.7 Å². The van der Waals surface area contributed by atoms with E-state index in [0.717, 1.165) is 34.9 Å². The van der Waals surface area contributed by atoms with Gasteiger partial charge < -0.3 is 10.5 Å². The zero-order valence-corrected chi connectivity index (χ0v) is 24.3. The van der Waals surface area contributed by atoms with Crippen LogP contribution in [-0.4, -0.2) is 51.3 Å². The van der Waals surface area contributed by atoms with E-state index in [-0.39, 0.29) is 11.1 Å². The van der Waals surface area contributed by atoms with Crippen molar-refractivity contribution in [3.63, 3.8) is 0 Å². The number of aromatic nitrogens is 8. The second-order valence-electron chi connectivity index (χ2n) is 10.9. The largest absolute Gasteiger partial charge is 0.490 e. The van der Waals surface area contributed by atoms with Gasteiger partial charge in [0.1, 0.15) is 24.0 Å². The van der Waals surface area contributed by atoms with Gasteiger partial charge in [0.2, 0.25) is 5.95 Å². The molecule has 0 spiro atoms. The minimum absolute atomic E-state index is 0.0929. The van der Waals surface area contributed by atoms with Crippen LogP contribution >= 0.6 is 0 Å². The highest BCUT2D eigenvalue weighted by molar-refractivity contribution is 5.63. The number of ether oxygens (including phenoxy) is 1. The lowest BCUT2D eigenvalue weighted by Gasteiger charge is -2.27. The lowest BCUT2D eigenvalue weighted by Crippen LogP contribution is -2.43. The molecule has 43 heavy (non-hydrogen) atoms. The number of fused-ring (bicyclic) bond motifs is 2. The van der Waals surface area contributed by atoms with Crippen LogP contribution in [0.5, 0.6) is 5.75 Å². The quantitative estimate of drug-likeness (QED) is 0.257. The summed E-state index contributed by atoms with van der Waals surface area (Å²) >= 11 is 0. The molecule has 0 unspecified atom stereocenters. The van der Waals surface area contributed by atoms with E-state index in [4.69, 9.17) is 15.7 Å². The Hall–Kier alpha value is -5.28. The van der Waals surface area contributed by atoms with Gasteiger partial charge in [-0.05, 0) is 56.5 Å². The van der Waals surface area contributed by atoms with Gasteiger partial charge in [-0.1, -0.05) is 13.8 Å². The van der Waals surface area contributed by atoms with Gasteiger partial charge in [0.15, 0.2) is 11.3 Å². The molecule has 0 aliphatic rings. The molecular formula is C31H31FN10O. The highest BCUT2D eigenvalue weighted by Gasteiger charge is 2.21. The summed E-state index contributed by atoms with van der Waals surface area (Å²) in [6.45, 7) is 8.76. The minimum Gasteiger partial charge on any atom is -0.490 e. The average molecular weight is 579 g/mol. The fourth-order valence-corrected chi connectivity index (χ4v) is 4.83. The summed E-state index contributed by atoms with van der Waals surface area (Å²) in [5.74, 6) is 0.519. The molecule has 0 radical (unpaired) electrons. The number of hydrogen-bond donors (Lipinski definition) is 1. The van der Waals surface area contributed by atoms with E-state index in [9.17, 15) is 4.39 Å². The van der Waals surface area contributed by atoms with Crippen molar-refractivity contribution in [1.82, 2.24) is 39.2 Å². The van der Waals surface area contributed by atoms with E-state index in [2.05, 4.69) is 44.0 Å². The van der Waals surface area contributed by atoms with Crippen molar-refractivity contribution in [1.29, 1.82) is 5.26 Å². The van der Waals surface area contributed by atoms with Gasteiger partial charge in [-0.15, -0.1) is 0 Å². The van der Waals surface area contributed by atoms with Crippen molar-refractivity contribution in [3.8, 4) is 34.5 Å². The third-order valence-electron chi connectivity index (χ3n) is 6.57. The summed E-state index contributed by atoms with van der Waals surface area (Å²) < 4.78 is 22.5. The Morgan fingerprint density at radius 1 is 0.953 bits per heavy atom. The van der Waals surface area contributed by atoms with Gasteiger partial charge in [0.05, 0.1) is 35.2 Å². The topological polar surface area (TPSA) is 145 Å². The Morgan fingerprint density at radius 3 is 2.23 bits per heavy atom. The molecule has 6 aromatic heterocycles. The van der Waals surface area contributed by atoms with Crippen LogP contribution < -0.4 is 10.5 Å². The first-order chi connectivity index (χ1) is 20.6.